The minimum atomic E-state index is -0.272. The Bertz CT molecular complexity index is 164. The van der Waals surface area contributed by atoms with Crippen LogP contribution in [0.1, 0.15) is 13.8 Å². The summed E-state index contributed by atoms with van der Waals surface area (Å²) in [5, 5.41) is 0. The highest BCUT2D eigenvalue weighted by Crippen LogP contribution is 1.93. The molecule has 0 aromatic heterocycles. The van der Waals surface area contributed by atoms with Gasteiger partial charge in [0.05, 0.1) is 6.61 Å². The van der Waals surface area contributed by atoms with E-state index in [1.165, 1.54) is 6.08 Å². The smallest absolute Gasteiger partial charge is 0.330 e. The largest absolute Gasteiger partial charge is 0.463 e. The van der Waals surface area contributed by atoms with E-state index in [0.29, 0.717) is 6.61 Å². The Morgan fingerprint density at radius 3 is 2.58 bits per heavy atom. The van der Waals surface area contributed by atoms with Crippen LogP contribution in [0.3, 0.4) is 0 Å². The van der Waals surface area contributed by atoms with Crippen LogP contribution < -0.4 is 0 Å². The number of esters is 1. The van der Waals surface area contributed by atoms with Crippen LogP contribution in [0.25, 0.3) is 0 Å². The van der Waals surface area contributed by atoms with Crippen LogP contribution in [0, 0.1) is 0 Å². The van der Waals surface area contributed by atoms with Crippen molar-refractivity contribution < 1.29 is 9.53 Å². The molecule has 0 aliphatic heterocycles. The summed E-state index contributed by atoms with van der Waals surface area (Å²) in [4.78, 5) is 12.9. The third kappa shape index (κ3) is 4.91. The quantitative estimate of drug-likeness (QED) is 0.468. The maximum atomic E-state index is 10.8. The first-order valence-electron chi connectivity index (χ1n) is 4.09. The number of hydrogen-bond donors (Lipinski definition) is 0. The van der Waals surface area contributed by atoms with Gasteiger partial charge in [-0.25, -0.2) is 4.79 Å². The molecule has 12 heavy (non-hydrogen) atoms. The van der Waals surface area contributed by atoms with Crippen molar-refractivity contribution in [1.29, 1.82) is 0 Å². The van der Waals surface area contributed by atoms with Crippen LogP contribution in [0.2, 0.25) is 0 Å². The Balaban J connectivity index is 3.81. The fourth-order valence-corrected chi connectivity index (χ4v) is 0.580. The Morgan fingerprint density at radius 2 is 2.17 bits per heavy atom. The monoisotopic (exact) mass is 171 g/mol. The molecule has 0 bridgehead atoms. The minimum Gasteiger partial charge on any atom is -0.463 e. The molecule has 0 spiro atoms. The number of ether oxygens (including phenoxy) is 1. The SMILES string of the molecule is CCOC(=O)/C=C/[C@H](C)N(C)C. The lowest BCUT2D eigenvalue weighted by atomic mass is 10.3. The Kier molecular flexibility index (Phi) is 5.37. The first-order valence-corrected chi connectivity index (χ1v) is 4.09. The van der Waals surface area contributed by atoms with Crippen molar-refractivity contribution in [3.63, 3.8) is 0 Å². The molecule has 0 radical (unpaired) electrons. The van der Waals surface area contributed by atoms with Crippen LogP contribution >= 0.6 is 0 Å². The second kappa shape index (κ2) is 5.77. The van der Waals surface area contributed by atoms with E-state index in [1.807, 2.05) is 32.0 Å². The van der Waals surface area contributed by atoms with Crippen molar-refractivity contribution in [2.45, 2.75) is 19.9 Å². The highest BCUT2D eigenvalue weighted by molar-refractivity contribution is 5.81. The highest BCUT2D eigenvalue weighted by atomic mass is 16.5. The number of carbonyl (C=O) groups is 1. The molecule has 70 valence electrons. The molecular weight excluding hydrogens is 154 g/mol. The van der Waals surface area contributed by atoms with Gasteiger partial charge in [-0.15, -0.1) is 0 Å². The standard InChI is InChI=1S/C9H17NO2/c1-5-12-9(11)7-6-8(2)10(3)4/h6-8H,5H2,1-4H3/b7-6+/t8-/m0/s1. The van der Waals surface area contributed by atoms with Gasteiger partial charge >= 0.3 is 5.97 Å². The van der Waals surface area contributed by atoms with E-state index in [4.69, 9.17) is 4.74 Å². The first kappa shape index (κ1) is 11.2. The predicted octanol–water partition coefficient (Wildman–Crippen LogP) is 1.06. The van der Waals surface area contributed by atoms with Gasteiger partial charge in [-0.05, 0) is 27.9 Å². The molecule has 0 amide bonds. The summed E-state index contributed by atoms with van der Waals surface area (Å²) in [6.45, 7) is 4.23. The van der Waals surface area contributed by atoms with Crippen LogP contribution in [0.4, 0.5) is 0 Å². The predicted molar refractivity (Wildman–Crippen MR) is 48.9 cm³/mol. The highest BCUT2D eigenvalue weighted by Gasteiger charge is 2.00. The van der Waals surface area contributed by atoms with E-state index < -0.39 is 0 Å². The second-order valence-electron chi connectivity index (χ2n) is 2.82. The maximum Gasteiger partial charge on any atom is 0.330 e. The van der Waals surface area contributed by atoms with Gasteiger partial charge in [0.15, 0.2) is 0 Å². The summed E-state index contributed by atoms with van der Waals surface area (Å²) in [7, 11) is 3.92. The van der Waals surface area contributed by atoms with Gasteiger partial charge in [0.2, 0.25) is 0 Å². The van der Waals surface area contributed by atoms with Crippen molar-refractivity contribution >= 4 is 5.97 Å². The molecule has 0 aliphatic carbocycles. The fraction of sp³-hybridized carbons (Fsp3) is 0.667. The van der Waals surface area contributed by atoms with Gasteiger partial charge in [0, 0.05) is 12.1 Å². The number of hydrogen-bond acceptors (Lipinski definition) is 3. The molecule has 0 fully saturated rings. The van der Waals surface area contributed by atoms with Crippen LogP contribution in [0.5, 0.6) is 0 Å². The molecule has 0 saturated heterocycles. The lowest BCUT2D eigenvalue weighted by molar-refractivity contribution is -0.137. The normalized spacial score (nSPS) is 13.8. The lowest BCUT2D eigenvalue weighted by Gasteiger charge is -2.14. The van der Waals surface area contributed by atoms with Gasteiger partial charge in [-0.1, -0.05) is 6.08 Å². The summed E-state index contributed by atoms with van der Waals surface area (Å²) in [6.07, 6.45) is 3.28. The summed E-state index contributed by atoms with van der Waals surface area (Å²) >= 11 is 0. The lowest BCUT2D eigenvalue weighted by Crippen LogP contribution is -2.22. The molecule has 3 heteroatoms. The fourth-order valence-electron chi connectivity index (χ4n) is 0.580. The van der Waals surface area contributed by atoms with Gasteiger partial charge in [-0.3, -0.25) is 0 Å². The number of nitrogens with zero attached hydrogens (tertiary/aromatic N) is 1. The molecule has 0 heterocycles. The third-order valence-corrected chi connectivity index (χ3v) is 1.61. The zero-order valence-electron chi connectivity index (χ0n) is 8.20. The molecule has 0 N–H and O–H groups in total. The van der Waals surface area contributed by atoms with Crippen molar-refractivity contribution in [3.05, 3.63) is 12.2 Å². The number of carbonyl (C=O) groups excluding carboxylic acids is 1. The molecule has 0 aromatic carbocycles. The van der Waals surface area contributed by atoms with Gasteiger partial charge in [-0.2, -0.15) is 0 Å². The first-order chi connectivity index (χ1) is 5.57. The molecule has 3 nitrogen and oxygen atoms in total. The van der Waals surface area contributed by atoms with Crippen LogP contribution in [-0.4, -0.2) is 37.6 Å². The zero-order valence-corrected chi connectivity index (χ0v) is 8.20. The van der Waals surface area contributed by atoms with E-state index in [2.05, 4.69) is 0 Å². The maximum absolute atomic E-state index is 10.8. The topological polar surface area (TPSA) is 29.5 Å². The summed E-state index contributed by atoms with van der Waals surface area (Å²) in [6, 6.07) is 0.259. The zero-order chi connectivity index (χ0) is 9.56. The van der Waals surface area contributed by atoms with E-state index in [1.54, 1.807) is 6.92 Å². The summed E-state index contributed by atoms with van der Waals surface area (Å²) in [5.74, 6) is -0.272. The Morgan fingerprint density at radius 1 is 1.58 bits per heavy atom. The summed E-state index contributed by atoms with van der Waals surface area (Å²) < 4.78 is 4.73. The molecule has 0 aliphatic rings. The summed E-state index contributed by atoms with van der Waals surface area (Å²) in [5.41, 5.74) is 0. The Hall–Kier alpha value is -0.830. The van der Waals surface area contributed by atoms with Gasteiger partial charge in [0.25, 0.3) is 0 Å². The van der Waals surface area contributed by atoms with Crippen molar-refractivity contribution in [2.24, 2.45) is 0 Å². The van der Waals surface area contributed by atoms with Gasteiger partial charge < -0.3 is 9.64 Å². The average Bonchev–Trinajstić information content (AvgIpc) is 2.00. The van der Waals surface area contributed by atoms with Crippen LogP contribution in [0.15, 0.2) is 12.2 Å². The number of likely N-dealkylation sites (N-methyl/N-ethyl adjacent to an activating group) is 1. The molecular formula is C9H17NO2. The minimum absolute atomic E-state index is 0.259. The van der Waals surface area contributed by atoms with E-state index in [0.717, 1.165) is 0 Å². The van der Waals surface area contributed by atoms with Crippen molar-refractivity contribution in [2.75, 3.05) is 20.7 Å². The van der Waals surface area contributed by atoms with Gasteiger partial charge in [0.1, 0.15) is 0 Å². The van der Waals surface area contributed by atoms with Crippen molar-refractivity contribution in [1.82, 2.24) is 4.90 Å². The average molecular weight is 171 g/mol. The molecule has 0 unspecified atom stereocenters. The van der Waals surface area contributed by atoms with E-state index in [-0.39, 0.29) is 12.0 Å². The molecule has 0 saturated carbocycles. The van der Waals surface area contributed by atoms with Crippen molar-refractivity contribution in [3.8, 4) is 0 Å². The molecule has 1 atom stereocenters. The van der Waals surface area contributed by atoms with E-state index >= 15 is 0 Å². The molecule has 0 rings (SSSR count). The van der Waals surface area contributed by atoms with E-state index in [9.17, 15) is 4.79 Å². The van der Waals surface area contributed by atoms with Crippen LogP contribution in [-0.2, 0) is 9.53 Å². The molecule has 0 aromatic rings. The number of rotatable bonds is 4. The third-order valence-electron chi connectivity index (χ3n) is 1.61. The second-order valence-corrected chi connectivity index (χ2v) is 2.82. The Labute approximate surface area is 74.0 Å².